The van der Waals surface area contributed by atoms with Crippen LogP contribution in [0.5, 0.6) is 0 Å². The van der Waals surface area contributed by atoms with Crippen molar-refractivity contribution >= 4 is 11.9 Å². The monoisotopic (exact) mass is 362 g/mol. The number of aliphatic carboxylic acids is 2. The molecule has 0 fully saturated rings. The number of carboxylic acid groups (broad SMARTS) is 2. The highest BCUT2D eigenvalue weighted by molar-refractivity contribution is 5.66. The first-order chi connectivity index (χ1) is 12.1. The number of ether oxygens (including phenoxy) is 2. The summed E-state index contributed by atoms with van der Waals surface area (Å²) in [7, 11) is 0. The van der Waals surface area contributed by atoms with Gasteiger partial charge in [-0.15, -0.1) is 0 Å². The Kier molecular flexibility index (Phi) is 18.2. The first-order valence-electron chi connectivity index (χ1n) is 9.13. The van der Waals surface area contributed by atoms with Crippen LogP contribution < -0.4 is 10.6 Å². The van der Waals surface area contributed by atoms with E-state index in [9.17, 15) is 9.59 Å². The van der Waals surface area contributed by atoms with E-state index in [0.29, 0.717) is 32.8 Å². The fraction of sp³-hybridized carbons (Fsp3) is 0.882. The second-order valence-electron chi connectivity index (χ2n) is 5.78. The predicted molar refractivity (Wildman–Crippen MR) is 95.0 cm³/mol. The predicted octanol–water partition coefficient (Wildman–Crippen LogP) is 1.10. The van der Waals surface area contributed by atoms with Gasteiger partial charge < -0.3 is 30.3 Å². The lowest BCUT2D eigenvalue weighted by Crippen LogP contribution is -2.23. The van der Waals surface area contributed by atoms with Crippen molar-refractivity contribution in [2.24, 2.45) is 0 Å². The molecule has 0 spiro atoms. The summed E-state index contributed by atoms with van der Waals surface area (Å²) >= 11 is 0. The van der Waals surface area contributed by atoms with Crippen LogP contribution in [0.1, 0.15) is 44.9 Å². The summed E-state index contributed by atoms with van der Waals surface area (Å²) < 4.78 is 10.9. The summed E-state index contributed by atoms with van der Waals surface area (Å²) in [5, 5.41) is 23.5. The van der Waals surface area contributed by atoms with Gasteiger partial charge in [0.1, 0.15) is 0 Å². The Labute approximate surface area is 150 Å². The van der Waals surface area contributed by atoms with E-state index in [1.807, 2.05) is 0 Å². The van der Waals surface area contributed by atoms with Crippen LogP contribution >= 0.6 is 0 Å². The number of nitrogens with one attached hydrogen (secondary N) is 2. The highest BCUT2D eigenvalue weighted by atomic mass is 16.5. The third-order valence-electron chi connectivity index (χ3n) is 3.46. The second kappa shape index (κ2) is 19.1. The fourth-order valence-electron chi connectivity index (χ4n) is 2.09. The molecule has 0 aromatic heterocycles. The van der Waals surface area contributed by atoms with Crippen LogP contribution in [0, 0.1) is 0 Å². The lowest BCUT2D eigenvalue weighted by atomic mass is 10.2. The van der Waals surface area contributed by atoms with Gasteiger partial charge in [0.2, 0.25) is 0 Å². The van der Waals surface area contributed by atoms with Gasteiger partial charge in [-0.2, -0.15) is 0 Å². The molecule has 0 saturated carbocycles. The van der Waals surface area contributed by atoms with Crippen molar-refractivity contribution < 1.29 is 29.3 Å². The van der Waals surface area contributed by atoms with Crippen molar-refractivity contribution in [1.82, 2.24) is 10.6 Å². The van der Waals surface area contributed by atoms with E-state index in [0.717, 1.165) is 51.9 Å². The van der Waals surface area contributed by atoms with Crippen molar-refractivity contribution in [3.05, 3.63) is 0 Å². The van der Waals surface area contributed by atoms with Gasteiger partial charge in [0.15, 0.2) is 0 Å². The van der Waals surface area contributed by atoms with Gasteiger partial charge in [-0.05, 0) is 38.8 Å². The number of unbranched alkanes of at least 4 members (excludes halogenated alkanes) is 3. The summed E-state index contributed by atoms with van der Waals surface area (Å²) in [5.41, 5.74) is 0. The quantitative estimate of drug-likeness (QED) is 0.238. The van der Waals surface area contributed by atoms with Gasteiger partial charge in [-0.1, -0.05) is 6.42 Å². The molecule has 0 bridgehead atoms. The van der Waals surface area contributed by atoms with E-state index in [-0.39, 0.29) is 12.8 Å². The zero-order valence-corrected chi connectivity index (χ0v) is 15.1. The van der Waals surface area contributed by atoms with Crippen molar-refractivity contribution in [2.75, 3.05) is 52.6 Å². The molecular weight excluding hydrogens is 328 g/mol. The Hall–Kier alpha value is -1.22. The molecule has 0 radical (unpaired) electrons. The maximum Gasteiger partial charge on any atom is 0.303 e. The van der Waals surface area contributed by atoms with Crippen LogP contribution in [-0.4, -0.2) is 74.8 Å². The first kappa shape index (κ1) is 23.8. The number of carboxylic acids is 2. The Morgan fingerprint density at radius 1 is 0.600 bits per heavy atom. The molecule has 0 aliphatic carbocycles. The van der Waals surface area contributed by atoms with Crippen molar-refractivity contribution in [2.45, 2.75) is 44.9 Å². The standard InChI is InChI=1S/C17H34N2O6/c20-16(21)6-2-1-4-8-18-10-12-24-14-15-25-13-11-19-9-5-3-7-17(22)23/h18-19H,1-15H2,(H,20,21)(H,22,23). The molecule has 0 amide bonds. The highest BCUT2D eigenvalue weighted by Gasteiger charge is 1.97. The molecule has 0 aliphatic heterocycles. The topological polar surface area (TPSA) is 117 Å². The normalized spacial score (nSPS) is 10.9. The number of rotatable bonds is 20. The third-order valence-corrected chi connectivity index (χ3v) is 3.46. The Bertz CT molecular complexity index is 298. The van der Waals surface area contributed by atoms with Crippen LogP contribution in [0.2, 0.25) is 0 Å². The van der Waals surface area contributed by atoms with E-state index >= 15 is 0 Å². The van der Waals surface area contributed by atoms with Gasteiger partial charge in [-0.3, -0.25) is 9.59 Å². The maximum atomic E-state index is 10.3. The highest BCUT2D eigenvalue weighted by Crippen LogP contribution is 1.98. The van der Waals surface area contributed by atoms with Gasteiger partial charge >= 0.3 is 11.9 Å². The fourth-order valence-corrected chi connectivity index (χ4v) is 2.09. The summed E-state index contributed by atoms with van der Waals surface area (Å²) in [6.07, 6.45) is 4.71. The van der Waals surface area contributed by atoms with E-state index < -0.39 is 11.9 Å². The largest absolute Gasteiger partial charge is 0.481 e. The third kappa shape index (κ3) is 22.8. The molecule has 148 valence electrons. The van der Waals surface area contributed by atoms with E-state index in [1.54, 1.807) is 0 Å². The summed E-state index contributed by atoms with van der Waals surface area (Å²) in [6.45, 7) is 5.64. The average Bonchev–Trinajstić information content (AvgIpc) is 2.56. The van der Waals surface area contributed by atoms with E-state index in [1.165, 1.54) is 0 Å². The molecule has 0 aromatic rings. The van der Waals surface area contributed by atoms with Gasteiger partial charge in [0.05, 0.1) is 26.4 Å². The van der Waals surface area contributed by atoms with Gasteiger partial charge in [0, 0.05) is 25.9 Å². The minimum Gasteiger partial charge on any atom is -0.481 e. The molecule has 0 saturated heterocycles. The molecule has 0 rings (SSSR count). The van der Waals surface area contributed by atoms with Gasteiger partial charge in [0.25, 0.3) is 0 Å². The van der Waals surface area contributed by atoms with E-state index in [4.69, 9.17) is 19.7 Å². The summed E-state index contributed by atoms with van der Waals surface area (Å²) in [5.74, 6) is -1.47. The summed E-state index contributed by atoms with van der Waals surface area (Å²) in [4.78, 5) is 20.6. The molecule has 0 aromatic carbocycles. The van der Waals surface area contributed by atoms with Crippen molar-refractivity contribution in [3.63, 3.8) is 0 Å². The first-order valence-corrected chi connectivity index (χ1v) is 9.13. The number of hydrogen-bond donors (Lipinski definition) is 4. The molecule has 0 unspecified atom stereocenters. The van der Waals surface area contributed by atoms with Crippen LogP contribution in [-0.2, 0) is 19.1 Å². The molecule has 25 heavy (non-hydrogen) atoms. The van der Waals surface area contributed by atoms with E-state index in [2.05, 4.69) is 10.6 Å². The zero-order valence-electron chi connectivity index (χ0n) is 15.1. The molecule has 0 aliphatic rings. The molecule has 8 nitrogen and oxygen atoms in total. The average molecular weight is 362 g/mol. The second-order valence-corrected chi connectivity index (χ2v) is 5.78. The molecule has 0 heterocycles. The molecular formula is C17H34N2O6. The Morgan fingerprint density at radius 2 is 1.04 bits per heavy atom. The van der Waals surface area contributed by atoms with Gasteiger partial charge in [-0.25, -0.2) is 0 Å². The minimum atomic E-state index is -0.741. The molecule has 4 N–H and O–H groups in total. The van der Waals surface area contributed by atoms with Crippen LogP contribution in [0.4, 0.5) is 0 Å². The maximum absolute atomic E-state index is 10.3. The zero-order chi connectivity index (χ0) is 18.6. The van der Waals surface area contributed by atoms with Crippen LogP contribution in [0.25, 0.3) is 0 Å². The Morgan fingerprint density at radius 3 is 1.52 bits per heavy atom. The van der Waals surface area contributed by atoms with Crippen LogP contribution in [0.15, 0.2) is 0 Å². The van der Waals surface area contributed by atoms with Crippen molar-refractivity contribution in [3.8, 4) is 0 Å². The lowest BCUT2D eigenvalue weighted by molar-refractivity contribution is -0.138. The molecule has 8 heteroatoms. The number of carbonyl (C=O) groups is 2. The van der Waals surface area contributed by atoms with Crippen LogP contribution in [0.3, 0.4) is 0 Å². The molecule has 0 atom stereocenters. The van der Waals surface area contributed by atoms with Crippen molar-refractivity contribution in [1.29, 1.82) is 0 Å². The lowest BCUT2D eigenvalue weighted by Gasteiger charge is -2.08. The summed E-state index contributed by atoms with van der Waals surface area (Å²) in [6, 6.07) is 0. The smallest absolute Gasteiger partial charge is 0.303 e. The Balaban J connectivity index is 3.00. The minimum absolute atomic E-state index is 0.231. The SMILES string of the molecule is O=C(O)CCCCCNCCOCCOCCNCCCCC(=O)O. The number of hydrogen-bond acceptors (Lipinski definition) is 6.